The van der Waals surface area contributed by atoms with E-state index < -0.39 is 0 Å². The predicted molar refractivity (Wildman–Crippen MR) is 105 cm³/mol. The minimum absolute atomic E-state index is 0.0595. The van der Waals surface area contributed by atoms with Gasteiger partial charge in [-0.2, -0.15) is 0 Å². The van der Waals surface area contributed by atoms with Gasteiger partial charge in [0.2, 0.25) is 0 Å². The molecule has 1 aromatic carbocycles. The zero-order valence-corrected chi connectivity index (χ0v) is 15.2. The van der Waals surface area contributed by atoms with Crippen LogP contribution >= 0.6 is 23.6 Å². The molecule has 0 bridgehead atoms. The number of hydrogen-bond donors (Lipinski definition) is 2. The van der Waals surface area contributed by atoms with Crippen molar-refractivity contribution in [3.05, 3.63) is 76.2 Å². The molecule has 3 heterocycles. The lowest BCUT2D eigenvalue weighted by Gasteiger charge is -2.28. The van der Waals surface area contributed by atoms with Gasteiger partial charge in [-0.25, -0.2) is 0 Å². The number of phenols is 1. The summed E-state index contributed by atoms with van der Waals surface area (Å²) in [5.74, 6) is 0.215. The van der Waals surface area contributed by atoms with Gasteiger partial charge < -0.3 is 15.3 Å². The molecule has 0 saturated carbocycles. The van der Waals surface area contributed by atoms with E-state index in [0.29, 0.717) is 10.8 Å². The van der Waals surface area contributed by atoms with Crippen LogP contribution in [0, 0.1) is 6.92 Å². The molecule has 0 spiro atoms. The second kappa shape index (κ2) is 6.46. The lowest BCUT2D eigenvalue weighted by molar-refractivity contribution is 0.473. The first-order valence-electron chi connectivity index (χ1n) is 7.99. The van der Waals surface area contributed by atoms with E-state index >= 15 is 0 Å². The number of aromatic hydroxyl groups is 1. The van der Waals surface area contributed by atoms with Crippen molar-refractivity contribution in [2.45, 2.75) is 19.0 Å². The summed E-state index contributed by atoms with van der Waals surface area (Å²) in [7, 11) is 0. The Morgan fingerprint density at radius 2 is 1.96 bits per heavy atom. The van der Waals surface area contributed by atoms with E-state index in [1.165, 1.54) is 10.4 Å². The number of para-hydroxylation sites is 2. The van der Waals surface area contributed by atoms with Crippen LogP contribution in [-0.2, 0) is 0 Å². The standard InChI is InChI=1S/C19H17N3OS2/c1-12-9-11-25-18(12)17-16(13-6-4-5-10-20-13)21-19(24)22(17)14-7-2-3-8-15(14)23/h2-11,16-17,23H,1H3,(H,21,24)/t16-,17-/m1/s1. The summed E-state index contributed by atoms with van der Waals surface area (Å²) in [4.78, 5) is 7.75. The van der Waals surface area contributed by atoms with Gasteiger partial charge in [0.05, 0.1) is 23.5 Å². The van der Waals surface area contributed by atoms with E-state index in [1.807, 2.05) is 41.3 Å². The summed E-state index contributed by atoms with van der Waals surface area (Å²) in [5, 5.41) is 16.5. The summed E-state index contributed by atoms with van der Waals surface area (Å²) in [6.45, 7) is 2.10. The van der Waals surface area contributed by atoms with Crippen molar-refractivity contribution < 1.29 is 5.11 Å². The van der Waals surface area contributed by atoms with E-state index in [1.54, 1.807) is 23.6 Å². The molecule has 0 unspecified atom stereocenters. The monoisotopic (exact) mass is 367 g/mol. The molecule has 126 valence electrons. The third-order valence-corrected chi connectivity index (χ3v) is 5.81. The summed E-state index contributed by atoms with van der Waals surface area (Å²) < 4.78 is 0. The summed E-state index contributed by atoms with van der Waals surface area (Å²) in [6, 6.07) is 15.2. The number of pyridine rings is 1. The maximum atomic E-state index is 10.4. The zero-order chi connectivity index (χ0) is 17.4. The number of nitrogens with one attached hydrogen (secondary N) is 1. The second-order valence-corrected chi connectivity index (χ2v) is 7.29. The predicted octanol–water partition coefficient (Wildman–Crippen LogP) is 4.33. The minimum atomic E-state index is -0.0781. The van der Waals surface area contributed by atoms with E-state index in [9.17, 15) is 5.11 Å². The maximum Gasteiger partial charge on any atom is 0.174 e. The molecule has 1 aliphatic rings. The fourth-order valence-corrected chi connectivity index (χ4v) is 4.63. The molecule has 0 amide bonds. The molecular weight excluding hydrogens is 350 g/mol. The molecule has 2 N–H and O–H groups in total. The average molecular weight is 367 g/mol. The number of thiophene rings is 1. The van der Waals surface area contributed by atoms with E-state index in [2.05, 4.69) is 28.7 Å². The van der Waals surface area contributed by atoms with Crippen LogP contribution < -0.4 is 10.2 Å². The Hall–Kier alpha value is -2.44. The van der Waals surface area contributed by atoms with Gasteiger partial charge in [-0.15, -0.1) is 11.3 Å². The van der Waals surface area contributed by atoms with Crippen LogP contribution in [0.5, 0.6) is 5.75 Å². The first-order valence-corrected chi connectivity index (χ1v) is 9.28. The molecule has 1 saturated heterocycles. The average Bonchev–Trinajstić information content (AvgIpc) is 3.19. The molecule has 1 aliphatic heterocycles. The van der Waals surface area contributed by atoms with Gasteiger partial charge in [-0.3, -0.25) is 4.98 Å². The molecule has 1 fully saturated rings. The molecule has 6 heteroatoms. The van der Waals surface area contributed by atoms with Crippen LogP contribution in [0.4, 0.5) is 5.69 Å². The quantitative estimate of drug-likeness (QED) is 0.675. The van der Waals surface area contributed by atoms with Crippen molar-refractivity contribution in [3.63, 3.8) is 0 Å². The highest BCUT2D eigenvalue weighted by Crippen LogP contribution is 2.46. The molecule has 0 aliphatic carbocycles. The van der Waals surface area contributed by atoms with Gasteiger partial charge in [0.25, 0.3) is 0 Å². The van der Waals surface area contributed by atoms with Crippen LogP contribution in [0.1, 0.15) is 28.2 Å². The number of phenolic OH excluding ortho intramolecular Hbond substituents is 1. The maximum absolute atomic E-state index is 10.4. The molecule has 0 radical (unpaired) electrons. The van der Waals surface area contributed by atoms with Crippen molar-refractivity contribution in [1.82, 2.24) is 10.3 Å². The third kappa shape index (κ3) is 2.77. The van der Waals surface area contributed by atoms with Crippen molar-refractivity contribution in [1.29, 1.82) is 0 Å². The van der Waals surface area contributed by atoms with Crippen molar-refractivity contribution in [3.8, 4) is 5.75 Å². The molecule has 3 aromatic rings. The van der Waals surface area contributed by atoms with Crippen LogP contribution in [0.15, 0.2) is 60.1 Å². The highest BCUT2D eigenvalue weighted by atomic mass is 32.1. The minimum Gasteiger partial charge on any atom is -0.506 e. The Bertz CT molecular complexity index is 910. The number of hydrogen-bond acceptors (Lipinski definition) is 4. The zero-order valence-electron chi connectivity index (χ0n) is 13.6. The van der Waals surface area contributed by atoms with Crippen molar-refractivity contribution in [2.24, 2.45) is 0 Å². The molecule has 2 atom stereocenters. The summed E-state index contributed by atoms with van der Waals surface area (Å²) in [6.07, 6.45) is 1.79. The number of nitrogens with zero attached hydrogens (tertiary/aromatic N) is 2. The third-order valence-electron chi connectivity index (χ3n) is 4.41. The first-order chi connectivity index (χ1) is 12.2. The van der Waals surface area contributed by atoms with Crippen LogP contribution in [0.3, 0.4) is 0 Å². The molecule has 25 heavy (non-hydrogen) atoms. The fourth-order valence-electron chi connectivity index (χ4n) is 3.24. The van der Waals surface area contributed by atoms with Crippen molar-refractivity contribution >= 4 is 34.4 Å². The van der Waals surface area contributed by atoms with E-state index in [0.717, 1.165) is 5.69 Å². The van der Waals surface area contributed by atoms with Gasteiger partial charge in [0, 0.05) is 11.1 Å². The topological polar surface area (TPSA) is 48.4 Å². The van der Waals surface area contributed by atoms with Crippen molar-refractivity contribution in [2.75, 3.05) is 4.90 Å². The number of aryl methyl sites for hydroxylation is 1. The highest BCUT2D eigenvalue weighted by molar-refractivity contribution is 7.80. The number of aromatic nitrogens is 1. The van der Waals surface area contributed by atoms with Gasteiger partial charge in [-0.05, 0) is 60.4 Å². The van der Waals surface area contributed by atoms with E-state index in [4.69, 9.17) is 12.2 Å². The second-order valence-electron chi connectivity index (χ2n) is 5.95. The lowest BCUT2D eigenvalue weighted by Crippen LogP contribution is -2.29. The molecule has 4 rings (SSSR count). The lowest BCUT2D eigenvalue weighted by atomic mass is 10.0. The smallest absolute Gasteiger partial charge is 0.174 e. The number of thiocarbonyl (C=S) groups is 1. The number of benzene rings is 1. The Morgan fingerprint density at radius 1 is 1.16 bits per heavy atom. The van der Waals surface area contributed by atoms with Crippen LogP contribution in [0.2, 0.25) is 0 Å². The Labute approximate surface area is 155 Å². The number of anilines is 1. The van der Waals surface area contributed by atoms with Gasteiger partial charge in [0.1, 0.15) is 5.75 Å². The summed E-state index contributed by atoms with van der Waals surface area (Å²) in [5.41, 5.74) is 2.85. The summed E-state index contributed by atoms with van der Waals surface area (Å²) >= 11 is 7.33. The van der Waals surface area contributed by atoms with Crippen LogP contribution in [0.25, 0.3) is 0 Å². The van der Waals surface area contributed by atoms with E-state index in [-0.39, 0.29) is 17.8 Å². The number of rotatable bonds is 3. The normalized spacial score (nSPS) is 19.9. The fraction of sp³-hybridized carbons (Fsp3) is 0.158. The Kier molecular flexibility index (Phi) is 4.15. The Balaban J connectivity index is 1.87. The van der Waals surface area contributed by atoms with Gasteiger partial charge in [-0.1, -0.05) is 18.2 Å². The van der Waals surface area contributed by atoms with Gasteiger partial charge in [0.15, 0.2) is 5.11 Å². The molecule has 4 nitrogen and oxygen atoms in total. The molecule has 2 aromatic heterocycles. The Morgan fingerprint density at radius 3 is 2.64 bits per heavy atom. The highest BCUT2D eigenvalue weighted by Gasteiger charge is 2.42. The van der Waals surface area contributed by atoms with Gasteiger partial charge >= 0.3 is 0 Å². The molecular formula is C19H17N3OS2. The SMILES string of the molecule is Cc1ccsc1[C@H]1[C@@H](c2ccccn2)NC(=S)N1c1ccccc1O. The van der Waals surface area contributed by atoms with Crippen LogP contribution in [-0.4, -0.2) is 15.2 Å². The largest absolute Gasteiger partial charge is 0.506 e. The first kappa shape index (κ1) is 16.1.